The van der Waals surface area contributed by atoms with Crippen LogP contribution in [-0.2, 0) is 4.74 Å². The van der Waals surface area contributed by atoms with Crippen LogP contribution < -0.4 is 5.32 Å². The Morgan fingerprint density at radius 2 is 2.13 bits per heavy atom. The molecule has 0 radical (unpaired) electrons. The molecule has 1 aromatic heterocycles. The number of nitrogens with one attached hydrogen (secondary N) is 1. The van der Waals surface area contributed by atoms with Crippen molar-refractivity contribution in [1.82, 2.24) is 9.36 Å². The number of ether oxygens (including phenoxy) is 1. The van der Waals surface area contributed by atoms with E-state index in [4.69, 9.17) is 4.74 Å². The average Bonchev–Trinajstić information content (AvgIpc) is 2.60. The summed E-state index contributed by atoms with van der Waals surface area (Å²) in [5.74, 6) is 0.777. The lowest BCUT2D eigenvalue weighted by molar-refractivity contribution is -0.0182. The summed E-state index contributed by atoms with van der Waals surface area (Å²) in [7, 11) is 1.84. The van der Waals surface area contributed by atoms with E-state index in [0.717, 1.165) is 11.0 Å². The Balaban J connectivity index is 2.88. The van der Waals surface area contributed by atoms with Crippen LogP contribution in [-0.4, -0.2) is 23.0 Å². The molecule has 0 bridgehead atoms. The molecule has 0 spiro atoms. The van der Waals surface area contributed by atoms with Gasteiger partial charge in [0.05, 0.1) is 0 Å². The second-order valence-corrected chi connectivity index (χ2v) is 5.16. The fourth-order valence-corrected chi connectivity index (χ4v) is 1.86. The van der Waals surface area contributed by atoms with Gasteiger partial charge in [0.15, 0.2) is 5.82 Å². The highest BCUT2D eigenvalue weighted by Crippen LogP contribution is 2.35. The first-order chi connectivity index (χ1) is 6.99. The lowest BCUT2D eigenvalue weighted by Crippen LogP contribution is -2.22. The summed E-state index contributed by atoms with van der Waals surface area (Å²) in [5, 5.41) is 3.82. The number of aromatic nitrogens is 2. The lowest BCUT2D eigenvalue weighted by atomic mass is 9.88. The third-order valence-corrected chi connectivity index (χ3v) is 2.76. The number of anilines is 1. The van der Waals surface area contributed by atoms with Crippen LogP contribution in [0.4, 0.5) is 5.13 Å². The minimum Gasteiger partial charge on any atom is -0.370 e. The Labute approximate surface area is 95.2 Å². The summed E-state index contributed by atoms with van der Waals surface area (Å²) in [5.41, 5.74) is 0.0160. The molecule has 1 unspecified atom stereocenters. The number of rotatable bonds is 4. The van der Waals surface area contributed by atoms with Crippen LogP contribution in [0.3, 0.4) is 0 Å². The molecular weight excluding hydrogens is 210 g/mol. The molecule has 0 aromatic carbocycles. The largest absolute Gasteiger partial charge is 0.370 e. The van der Waals surface area contributed by atoms with E-state index in [1.165, 1.54) is 11.5 Å². The highest BCUT2D eigenvalue weighted by molar-refractivity contribution is 7.09. The van der Waals surface area contributed by atoms with Crippen LogP contribution in [0.5, 0.6) is 0 Å². The van der Waals surface area contributed by atoms with Gasteiger partial charge in [0.25, 0.3) is 0 Å². The van der Waals surface area contributed by atoms with Gasteiger partial charge in [-0.15, -0.1) is 0 Å². The van der Waals surface area contributed by atoms with Gasteiger partial charge in [-0.05, 0) is 12.3 Å². The van der Waals surface area contributed by atoms with E-state index in [-0.39, 0.29) is 11.5 Å². The van der Waals surface area contributed by atoms with E-state index < -0.39 is 0 Å². The molecule has 0 saturated carbocycles. The topological polar surface area (TPSA) is 47.0 Å². The second kappa shape index (κ2) is 4.90. The molecule has 1 aromatic rings. The van der Waals surface area contributed by atoms with Gasteiger partial charge in [-0.25, -0.2) is 4.98 Å². The first kappa shape index (κ1) is 12.4. The first-order valence-electron chi connectivity index (χ1n) is 5.12. The molecule has 15 heavy (non-hydrogen) atoms. The van der Waals surface area contributed by atoms with Crippen LogP contribution >= 0.6 is 11.5 Å². The van der Waals surface area contributed by atoms with Crippen LogP contribution in [0.15, 0.2) is 0 Å². The van der Waals surface area contributed by atoms with Gasteiger partial charge in [-0.1, -0.05) is 20.8 Å². The van der Waals surface area contributed by atoms with E-state index in [1.807, 2.05) is 14.0 Å². The Kier molecular flexibility index (Phi) is 4.04. The van der Waals surface area contributed by atoms with Crippen molar-refractivity contribution in [2.75, 3.05) is 19.0 Å². The third-order valence-electron chi connectivity index (χ3n) is 2.01. The molecule has 0 fully saturated rings. The maximum absolute atomic E-state index is 5.70. The van der Waals surface area contributed by atoms with Crippen LogP contribution in [0, 0.1) is 5.41 Å². The molecule has 1 atom stereocenters. The number of nitrogens with zero attached hydrogens (tertiary/aromatic N) is 2. The van der Waals surface area contributed by atoms with Crippen LogP contribution in [0.2, 0.25) is 0 Å². The molecule has 1 heterocycles. The van der Waals surface area contributed by atoms with Crippen LogP contribution in [0.25, 0.3) is 0 Å². The van der Waals surface area contributed by atoms with Gasteiger partial charge < -0.3 is 10.1 Å². The van der Waals surface area contributed by atoms with Gasteiger partial charge in [-0.2, -0.15) is 4.37 Å². The maximum atomic E-state index is 5.70. The zero-order chi connectivity index (χ0) is 11.5. The fourth-order valence-electron chi connectivity index (χ4n) is 1.32. The van der Waals surface area contributed by atoms with Crippen molar-refractivity contribution in [3.8, 4) is 0 Å². The van der Waals surface area contributed by atoms with Crippen molar-refractivity contribution in [3.05, 3.63) is 5.82 Å². The van der Waals surface area contributed by atoms with Crippen molar-refractivity contribution < 1.29 is 4.74 Å². The molecule has 0 amide bonds. The van der Waals surface area contributed by atoms with Gasteiger partial charge in [-0.3, -0.25) is 0 Å². The van der Waals surface area contributed by atoms with E-state index in [0.29, 0.717) is 6.61 Å². The van der Waals surface area contributed by atoms with E-state index >= 15 is 0 Å². The van der Waals surface area contributed by atoms with Crippen molar-refractivity contribution in [1.29, 1.82) is 0 Å². The number of hydrogen-bond acceptors (Lipinski definition) is 5. The van der Waals surface area contributed by atoms with Crippen molar-refractivity contribution in [2.24, 2.45) is 5.41 Å². The quantitative estimate of drug-likeness (QED) is 0.862. The van der Waals surface area contributed by atoms with E-state index in [1.54, 1.807) is 0 Å². The van der Waals surface area contributed by atoms with E-state index in [2.05, 4.69) is 35.4 Å². The maximum Gasteiger partial charge on any atom is 0.202 e. The van der Waals surface area contributed by atoms with Gasteiger partial charge in [0.1, 0.15) is 6.10 Å². The zero-order valence-electron chi connectivity index (χ0n) is 10.00. The summed E-state index contributed by atoms with van der Waals surface area (Å²) in [6.45, 7) is 9.06. The van der Waals surface area contributed by atoms with Crippen molar-refractivity contribution >= 4 is 16.7 Å². The smallest absolute Gasteiger partial charge is 0.202 e. The molecule has 0 aliphatic carbocycles. The first-order valence-corrected chi connectivity index (χ1v) is 5.89. The molecular formula is C10H19N3OS. The third kappa shape index (κ3) is 3.14. The fraction of sp³-hybridized carbons (Fsp3) is 0.800. The highest BCUT2D eigenvalue weighted by atomic mass is 32.1. The summed E-state index contributed by atoms with van der Waals surface area (Å²) in [4.78, 5) is 4.39. The second-order valence-electron chi connectivity index (χ2n) is 4.41. The zero-order valence-corrected chi connectivity index (χ0v) is 10.8. The van der Waals surface area contributed by atoms with Crippen molar-refractivity contribution in [3.63, 3.8) is 0 Å². The molecule has 4 nitrogen and oxygen atoms in total. The Morgan fingerprint density at radius 1 is 1.47 bits per heavy atom. The monoisotopic (exact) mass is 229 g/mol. The van der Waals surface area contributed by atoms with E-state index in [9.17, 15) is 0 Å². The van der Waals surface area contributed by atoms with Gasteiger partial charge in [0.2, 0.25) is 5.13 Å². The standard InChI is InChI=1S/C10H19N3OS/c1-6-14-7(10(2,3)4)8-12-9(11-5)15-13-8/h7H,6H2,1-5H3,(H,11,12,13). The summed E-state index contributed by atoms with van der Waals surface area (Å²) in [6, 6.07) is 0. The van der Waals surface area contributed by atoms with Gasteiger partial charge >= 0.3 is 0 Å². The Hall–Kier alpha value is -0.680. The molecule has 86 valence electrons. The minimum atomic E-state index is -0.0409. The van der Waals surface area contributed by atoms with Crippen molar-refractivity contribution in [2.45, 2.75) is 33.8 Å². The summed E-state index contributed by atoms with van der Waals surface area (Å²) >= 11 is 1.37. The Bertz CT molecular complexity index is 306. The SMILES string of the molecule is CCOC(c1nsc(NC)n1)C(C)(C)C. The molecule has 0 saturated heterocycles. The summed E-state index contributed by atoms with van der Waals surface area (Å²) < 4.78 is 10.0. The Morgan fingerprint density at radius 3 is 2.53 bits per heavy atom. The van der Waals surface area contributed by atoms with Gasteiger partial charge in [0, 0.05) is 25.2 Å². The molecule has 0 aliphatic heterocycles. The normalized spacial score (nSPS) is 13.9. The predicted octanol–water partition coefficient (Wildman–Crippen LogP) is 2.70. The molecule has 0 aliphatic rings. The molecule has 5 heteroatoms. The average molecular weight is 229 g/mol. The molecule has 1 rings (SSSR count). The predicted molar refractivity (Wildman–Crippen MR) is 63.3 cm³/mol. The van der Waals surface area contributed by atoms with Crippen LogP contribution in [0.1, 0.15) is 39.6 Å². The minimum absolute atomic E-state index is 0.0160. The summed E-state index contributed by atoms with van der Waals surface area (Å²) in [6.07, 6.45) is -0.0409. The number of hydrogen-bond donors (Lipinski definition) is 1. The molecule has 1 N–H and O–H groups in total. The lowest BCUT2D eigenvalue weighted by Gasteiger charge is -2.27. The highest BCUT2D eigenvalue weighted by Gasteiger charge is 2.30.